The molecule has 1 N–H and O–H groups in total. The molecule has 1 heterocycles. The Kier molecular flexibility index (Phi) is 6.69. The van der Waals surface area contributed by atoms with Gasteiger partial charge in [-0.2, -0.15) is 4.31 Å². The summed E-state index contributed by atoms with van der Waals surface area (Å²) < 4.78 is 32.7. The van der Waals surface area contributed by atoms with Gasteiger partial charge in [0.05, 0.1) is 17.6 Å². The van der Waals surface area contributed by atoms with E-state index >= 15 is 0 Å². The van der Waals surface area contributed by atoms with Crippen molar-refractivity contribution in [3.05, 3.63) is 23.8 Å². The molecule has 1 fully saturated rings. The molecule has 2 rings (SSSR count). The summed E-state index contributed by atoms with van der Waals surface area (Å²) in [7, 11) is -2.14. The molecule has 1 atom stereocenters. The second-order valence-electron chi connectivity index (χ2n) is 7.45. The van der Waals surface area contributed by atoms with E-state index in [9.17, 15) is 13.2 Å². The highest BCUT2D eigenvalue weighted by molar-refractivity contribution is 7.89. The molecule has 26 heavy (non-hydrogen) atoms. The Bertz CT molecular complexity index is 738. The first-order chi connectivity index (χ1) is 12.2. The Morgan fingerprint density at radius 3 is 2.38 bits per heavy atom. The van der Waals surface area contributed by atoms with Crippen LogP contribution in [-0.2, 0) is 10.0 Å². The van der Waals surface area contributed by atoms with Gasteiger partial charge in [0.25, 0.3) is 5.91 Å². The number of benzene rings is 1. The minimum absolute atomic E-state index is 0.0314. The number of rotatable bonds is 6. The highest BCUT2D eigenvalue weighted by atomic mass is 32.2. The van der Waals surface area contributed by atoms with Crippen LogP contribution in [0.4, 0.5) is 0 Å². The number of piperidine rings is 1. The van der Waals surface area contributed by atoms with E-state index in [4.69, 9.17) is 4.74 Å². The maximum Gasteiger partial charge on any atom is 0.255 e. The van der Waals surface area contributed by atoms with Gasteiger partial charge < -0.3 is 10.1 Å². The third-order valence-corrected chi connectivity index (χ3v) is 7.05. The molecule has 1 aromatic carbocycles. The second kappa shape index (κ2) is 8.39. The lowest BCUT2D eigenvalue weighted by Crippen LogP contribution is -2.38. The SMILES string of the molecule is COc1ccc(S(=O)(=O)N2CCC(C)CC2)cc1C(=O)N[C@H](C)C(C)C. The van der Waals surface area contributed by atoms with Gasteiger partial charge in [0.2, 0.25) is 10.0 Å². The van der Waals surface area contributed by atoms with Gasteiger partial charge in [0.1, 0.15) is 5.75 Å². The van der Waals surface area contributed by atoms with Crippen LogP contribution in [0, 0.1) is 11.8 Å². The molecule has 1 amide bonds. The predicted octanol–water partition coefficient (Wildman–Crippen LogP) is 2.89. The predicted molar refractivity (Wildman–Crippen MR) is 102 cm³/mol. The number of ether oxygens (including phenoxy) is 1. The number of hydrogen-bond donors (Lipinski definition) is 1. The van der Waals surface area contributed by atoms with Crippen LogP contribution in [0.2, 0.25) is 0 Å². The molecule has 1 saturated heterocycles. The Morgan fingerprint density at radius 2 is 1.85 bits per heavy atom. The van der Waals surface area contributed by atoms with E-state index in [1.165, 1.54) is 23.5 Å². The second-order valence-corrected chi connectivity index (χ2v) is 9.39. The van der Waals surface area contributed by atoms with E-state index in [1.54, 1.807) is 6.07 Å². The van der Waals surface area contributed by atoms with Gasteiger partial charge in [0.15, 0.2) is 0 Å². The number of nitrogens with zero attached hydrogens (tertiary/aromatic N) is 1. The van der Waals surface area contributed by atoms with Crippen LogP contribution < -0.4 is 10.1 Å². The molecule has 0 radical (unpaired) electrons. The van der Waals surface area contributed by atoms with Gasteiger partial charge in [-0.25, -0.2) is 8.42 Å². The van der Waals surface area contributed by atoms with Crippen molar-refractivity contribution in [1.29, 1.82) is 0 Å². The highest BCUT2D eigenvalue weighted by Gasteiger charge is 2.29. The molecular weight excluding hydrogens is 352 g/mol. The number of amides is 1. The van der Waals surface area contributed by atoms with E-state index in [1.807, 2.05) is 20.8 Å². The molecule has 0 aromatic heterocycles. The molecule has 6 nitrogen and oxygen atoms in total. The molecule has 0 aliphatic carbocycles. The van der Waals surface area contributed by atoms with Crippen LogP contribution in [0.15, 0.2) is 23.1 Å². The zero-order valence-electron chi connectivity index (χ0n) is 16.3. The molecule has 0 bridgehead atoms. The van der Waals surface area contributed by atoms with Crippen LogP contribution in [0.5, 0.6) is 5.75 Å². The van der Waals surface area contributed by atoms with E-state index in [-0.39, 0.29) is 28.3 Å². The number of hydrogen-bond acceptors (Lipinski definition) is 4. The lowest BCUT2D eigenvalue weighted by Gasteiger charge is -2.29. The maximum absolute atomic E-state index is 13.0. The minimum atomic E-state index is -3.61. The van der Waals surface area contributed by atoms with Crippen molar-refractivity contribution in [3.8, 4) is 5.75 Å². The average molecular weight is 383 g/mol. The Labute approximate surface area is 157 Å². The number of methoxy groups -OCH3 is 1. The summed E-state index contributed by atoms with van der Waals surface area (Å²) >= 11 is 0. The van der Waals surface area contributed by atoms with E-state index in [2.05, 4.69) is 12.2 Å². The van der Waals surface area contributed by atoms with Crippen molar-refractivity contribution >= 4 is 15.9 Å². The Hall–Kier alpha value is -1.60. The lowest BCUT2D eigenvalue weighted by atomic mass is 10.0. The summed E-state index contributed by atoms with van der Waals surface area (Å²) in [6, 6.07) is 4.45. The molecule has 1 aliphatic heterocycles. The third kappa shape index (κ3) is 4.57. The molecule has 146 valence electrons. The van der Waals surface area contributed by atoms with Gasteiger partial charge in [-0.1, -0.05) is 20.8 Å². The smallest absolute Gasteiger partial charge is 0.255 e. The number of nitrogens with one attached hydrogen (secondary N) is 1. The van der Waals surface area contributed by atoms with Crippen LogP contribution in [0.25, 0.3) is 0 Å². The Morgan fingerprint density at radius 1 is 1.23 bits per heavy atom. The first kappa shape index (κ1) is 20.7. The van der Waals surface area contributed by atoms with Gasteiger partial charge in [0, 0.05) is 19.1 Å². The fraction of sp³-hybridized carbons (Fsp3) is 0.632. The standard InChI is InChI=1S/C19H30N2O4S/c1-13(2)15(4)20-19(22)17-12-16(6-7-18(17)25-5)26(23,24)21-10-8-14(3)9-11-21/h6-7,12-15H,8-11H2,1-5H3,(H,20,22)/t15-/m1/s1. The van der Waals surface area contributed by atoms with Gasteiger partial charge >= 0.3 is 0 Å². The summed E-state index contributed by atoms with van der Waals surface area (Å²) in [4.78, 5) is 12.8. The number of carbonyl (C=O) groups is 1. The molecular formula is C19H30N2O4S. The van der Waals surface area contributed by atoms with E-state index in [0.29, 0.717) is 24.8 Å². The Balaban J connectivity index is 2.32. The minimum Gasteiger partial charge on any atom is -0.496 e. The van der Waals surface area contributed by atoms with Crippen LogP contribution in [0.1, 0.15) is 50.9 Å². The zero-order valence-corrected chi connectivity index (χ0v) is 17.1. The summed E-state index contributed by atoms with van der Waals surface area (Å²) in [5.41, 5.74) is 0.242. The molecule has 7 heteroatoms. The van der Waals surface area contributed by atoms with Gasteiger partial charge in [-0.3, -0.25) is 4.79 Å². The maximum atomic E-state index is 13.0. The van der Waals surface area contributed by atoms with Crippen LogP contribution >= 0.6 is 0 Å². The zero-order chi connectivity index (χ0) is 19.5. The summed E-state index contributed by atoms with van der Waals surface area (Å²) in [5, 5.41) is 2.91. The summed E-state index contributed by atoms with van der Waals surface area (Å²) in [5.74, 6) is 0.848. The first-order valence-corrected chi connectivity index (χ1v) is 10.6. The van der Waals surface area contributed by atoms with Crippen molar-refractivity contribution < 1.29 is 17.9 Å². The molecule has 0 spiro atoms. The fourth-order valence-electron chi connectivity index (χ4n) is 2.85. The molecule has 0 unspecified atom stereocenters. The van der Waals surface area contributed by atoms with E-state index < -0.39 is 10.0 Å². The van der Waals surface area contributed by atoms with Crippen LogP contribution in [0.3, 0.4) is 0 Å². The lowest BCUT2D eigenvalue weighted by molar-refractivity contribution is 0.0927. The summed E-state index contributed by atoms with van der Waals surface area (Å²) in [6.45, 7) is 9.11. The van der Waals surface area contributed by atoms with E-state index in [0.717, 1.165) is 12.8 Å². The topological polar surface area (TPSA) is 75.7 Å². The van der Waals surface area contributed by atoms with Crippen molar-refractivity contribution in [1.82, 2.24) is 9.62 Å². The van der Waals surface area contributed by atoms with Gasteiger partial charge in [-0.05, 0) is 49.8 Å². The van der Waals surface area contributed by atoms with Crippen LogP contribution in [-0.4, -0.2) is 44.9 Å². The number of carbonyl (C=O) groups excluding carboxylic acids is 1. The van der Waals surface area contributed by atoms with Crippen molar-refractivity contribution in [2.75, 3.05) is 20.2 Å². The van der Waals surface area contributed by atoms with Crippen molar-refractivity contribution in [2.45, 2.75) is 51.5 Å². The third-order valence-electron chi connectivity index (χ3n) is 5.15. The first-order valence-electron chi connectivity index (χ1n) is 9.15. The quantitative estimate of drug-likeness (QED) is 0.821. The largest absolute Gasteiger partial charge is 0.496 e. The molecule has 0 saturated carbocycles. The fourth-order valence-corrected chi connectivity index (χ4v) is 4.35. The summed E-state index contributed by atoms with van der Waals surface area (Å²) in [6.07, 6.45) is 1.71. The van der Waals surface area contributed by atoms with Crippen molar-refractivity contribution in [3.63, 3.8) is 0 Å². The average Bonchev–Trinajstić information content (AvgIpc) is 2.61. The molecule has 1 aliphatic rings. The van der Waals surface area contributed by atoms with Crippen molar-refractivity contribution in [2.24, 2.45) is 11.8 Å². The molecule has 1 aromatic rings. The highest BCUT2D eigenvalue weighted by Crippen LogP contribution is 2.27. The monoisotopic (exact) mass is 382 g/mol. The number of sulfonamides is 1. The normalized spacial score (nSPS) is 17.9. The van der Waals surface area contributed by atoms with Gasteiger partial charge in [-0.15, -0.1) is 0 Å².